The maximum absolute atomic E-state index is 11.7. The van der Waals surface area contributed by atoms with Crippen molar-refractivity contribution in [3.63, 3.8) is 0 Å². The second-order valence-electron chi connectivity index (χ2n) is 6.02. The molecule has 1 saturated heterocycles. The first-order valence-electron chi connectivity index (χ1n) is 8.05. The molecular formula is C18H26N2O2. The number of nitrogens with zero attached hydrogens (tertiary/aromatic N) is 1. The van der Waals surface area contributed by atoms with Gasteiger partial charge in [0.15, 0.2) is 0 Å². The highest BCUT2D eigenvalue weighted by molar-refractivity contribution is 5.78. The van der Waals surface area contributed by atoms with E-state index in [-0.39, 0.29) is 5.91 Å². The fourth-order valence-corrected chi connectivity index (χ4v) is 2.91. The fourth-order valence-electron chi connectivity index (χ4n) is 2.91. The minimum Gasteiger partial charge on any atom is -0.508 e. The van der Waals surface area contributed by atoms with Crippen molar-refractivity contribution in [3.8, 4) is 5.75 Å². The third-order valence-corrected chi connectivity index (χ3v) is 4.30. The van der Waals surface area contributed by atoms with Gasteiger partial charge in [-0.25, -0.2) is 0 Å². The monoisotopic (exact) mass is 302 g/mol. The van der Waals surface area contributed by atoms with Gasteiger partial charge in [0.25, 0.3) is 0 Å². The molecule has 1 aromatic rings. The van der Waals surface area contributed by atoms with Crippen LogP contribution in [0.25, 0.3) is 0 Å². The van der Waals surface area contributed by atoms with Crippen molar-refractivity contribution < 1.29 is 9.90 Å². The molecular weight excluding hydrogens is 276 g/mol. The molecule has 0 aromatic heterocycles. The Morgan fingerprint density at radius 1 is 1.32 bits per heavy atom. The van der Waals surface area contributed by atoms with Crippen LogP contribution in [0.5, 0.6) is 5.75 Å². The molecule has 1 heterocycles. The van der Waals surface area contributed by atoms with Gasteiger partial charge in [-0.2, -0.15) is 0 Å². The topological polar surface area (TPSA) is 52.6 Å². The summed E-state index contributed by atoms with van der Waals surface area (Å²) in [5.41, 5.74) is 1.28. The molecule has 0 radical (unpaired) electrons. The highest BCUT2D eigenvalue weighted by atomic mass is 16.3. The molecule has 1 aliphatic rings. The van der Waals surface area contributed by atoms with Crippen LogP contribution >= 0.6 is 0 Å². The Balaban J connectivity index is 1.65. The van der Waals surface area contributed by atoms with Crippen molar-refractivity contribution in [2.75, 3.05) is 26.2 Å². The summed E-state index contributed by atoms with van der Waals surface area (Å²) in [5, 5.41) is 12.1. The second-order valence-corrected chi connectivity index (χ2v) is 6.02. The number of aromatic hydroxyl groups is 1. The van der Waals surface area contributed by atoms with Gasteiger partial charge in [0.05, 0.1) is 6.54 Å². The number of carbonyl (C=O) groups is 1. The maximum atomic E-state index is 11.7. The van der Waals surface area contributed by atoms with Crippen LogP contribution in [0.3, 0.4) is 0 Å². The summed E-state index contributed by atoms with van der Waals surface area (Å²) in [4.78, 5) is 13.9. The predicted molar refractivity (Wildman–Crippen MR) is 88.8 cm³/mol. The highest BCUT2D eigenvalue weighted by Gasteiger charge is 2.20. The van der Waals surface area contributed by atoms with Crippen LogP contribution in [0.1, 0.15) is 24.8 Å². The number of phenols is 1. The van der Waals surface area contributed by atoms with Gasteiger partial charge in [0.2, 0.25) is 5.91 Å². The zero-order valence-electron chi connectivity index (χ0n) is 13.1. The van der Waals surface area contributed by atoms with E-state index in [2.05, 4.69) is 16.8 Å². The second kappa shape index (κ2) is 8.59. The lowest BCUT2D eigenvalue weighted by Crippen LogP contribution is -2.41. The summed E-state index contributed by atoms with van der Waals surface area (Å²) >= 11 is 0. The maximum Gasteiger partial charge on any atom is 0.234 e. The highest BCUT2D eigenvalue weighted by Crippen LogP contribution is 2.22. The number of likely N-dealkylation sites (tertiary alicyclic amines) is 1. The lowest BCUT2D eigenvalue weighted by atomic mass is 9.90. The number of hydrogen-bond donors (Lipinski definition) is 2. The normalized spacial score (nSPS) is 16.4. The standard InChI is InChI=1S/C18H26N2O2/c1-2-11-19-18(22)14-20-12-9-16(10-13-20)4-3-15-5-7-17(21)8-6-15/h2,5-8,16,21H,1,3-4,9-14H2,(H,19,22). The molecule has 1 aliphatic heterocycles. The first-order valence-corrected chi connectivity index (χ1v) is 8.05. The van der Waals surface area contributed by atoms with Crippen molar-refractivity contribution in [2.45, 2.75) is 25.7 Å². The van der Waals surface area contributed by atoms with Gasteiger partial charge in [-0.1, -0.05) is 18.2 Å². The van der Waals surface area contributed by atoms with Crippen LogP contribution in [-0.2, 0) is 11.2 Å². The van der Waals surface area contributed by atoms with E-state index in [4.69, 9.17) is 0 Å². The first-order chi connectivity index (χ1) is 10.7. The SMILES string of the molecule is C=CCNC(=O)CN1CCC(CCc2ccc(O)cc2)CC1. The molecule has 0 spiro atoms. The minimum absolute atomic E-state index is 0.0856. The summed E-state index contributed by atoms with van der Waals surface area (Å²) in [5.74, 6) is 1.15. The van der Waals surface area contributed by atoms with Crippen molar-refractivity contribution >= 4 is 5.91 Å². The molecule has 1 fully saturated rings. The van der Waals surface area contributed by atoms with Crippen molar-refractivity contribution in [2.24, 2.45) is 5.92 Å². The number of nitrogens with one attached hydrogen (secondary N) is 1. The van der Waals surface area contributed by atoms with Crippen LogP contribution < -0.4 is 5.32 Å². The van der Waals surface area contributed by atoms with Crippen LogP contribution in [0.2, 0.25) is 0 Å². The van der Waals surface area contributed by atoms with Crippen LogP contribution in [0, 0.1) is 5.92 Å². The molecule has 0 atom stereocenters. The molecule has 1 amide bonds. The number of benzene rings is 1. The zero-order valence-corrected chi connectivity index (χ0v) is 13.1. The van der Waals surface area contributed by atoms with Crippen molar-refractivity contribution in [1.82, 2.24) is 10.2 Å². The van der Waals surface area contributed by atoms with Crippen LogP contribution in [-0.4, -0.2) is 42.1 Å². The van der Waals surface area contributed by atoms with Gasteiger partial charge in [0, 0.05) is 6.54 Å². The number of piperidine rings is 1. The largest absolute Gasteiger partial charge is 0.508 e. The lowest BCUT2D eigenvalue weighted by Gasteiger charge is -2.31. The van der Waals surface area contributed by atoms with Crippen molar-refractivity contribution in [3.05, 3.63) is 42.5 Å². The molecule has 4 heteroatoms. The summed E-state index contributed by atoms with van der Waals surface area (Å²) < 4.78 is 0. The number of hydrogen-bond acceptors (Lipinski definition) is 3. The third kappa shape index (κ3) is 5.53. The first kappa shape index (κ1) is 16.6. The molecule has 0 saturated carbocycles. The third-order valence-electron chi connectivity index (χ3n) is 4.30. The van der Waals surface area contributed by atoms with E-state index >= 15 is 0 Å². The van der Waals surface area contributed by atoms with Gasteiger partial charge in [-0.05, 0) is 62.4 Å². The van der Waals surface area contributed by atoms with Gasteiger partial charge in [-0.3, -0.25) is 9.69 Å². The van der Waals surface area contributed by atoms with E-state index < -0.39 is 0 Å². The van der Waals surface area contributed by atoms with Gasteiger partial charge < -0.3 is 10.4 Å². The number of aryl methyl sites for hydroxylation is 1. The molecule has 0 aliphatic carbocycles. The summed E-state index contributed by atoms with van der Waals surface area (Å²) in [6.07, 6.45) is 6.26. The van der Waals surface area contributed by atoms with Crippen molar-refractivity contribution in [1.29, 1.82) is 0 Å². The Hall–Kier alpha value is -1.81. The number of phenolic OH excluding ortho intramolecular Hbond substituents is 1. The summed E-state index contributed by atoms with van der Waals surface area (Å²) in [6.45, 7) is 6.64. The molecule has 2 N–H and O–H groups in total. The van der Waals surface area contributed by atoms with E-state index in [9.17, 15) is 9.90 Å². The predicted octanol–water partition coefficient (Wildman–Crippen LogP) is 2.34. The molecule has 22 heavy (non-hydrogen) atoms. The zero-order chi connectivity index (χ0) is 15.8. The quantitative estimate of drug-likeness (QED) is 0.760. The van der Waals surface area contributed by atoms with E-state index in [1.54, 1.807) is 18.2 Å². The Bertz CT molecular complexity index is 476. The average molecular weight is 302 g/mol. The minimum atomic E-state index is 0.0856. The van der Waals surface area contributed by atoms with Gasteiger partial charge in [0.1, 0.15) is 5.75 Å². The van der Waals surface area contributed by atoms with E-state index in [1.807, 2.05) is 12.1 Å². The van der Waals surface area contributed by atoms with Crippen LogP contribution in [0.4, 0.5) is 0 Å². The van der Waals surface area contributed by atoms with E-state index in [1.165, 1.54) is 12.0 Å². The Labute approximate surface area is 132 Å². The van der Waals surface area contributed by atoms with E-state index in [0.717, 1.165) is 38.3 Å². The Kier molecular flexibility index (Phi) is 6.46. The van der Waals surface area contributed by atoms with E-state index in [0.29, 0.717) is 18.8 Å². The number of rotatable bonds is 7. The summed E-state index contributed by atoms with van der Waals surface area (Å²) in [6, 6.07) is 7.49. The molecule has 2 rings (SSSR count). The summed E-state index contributed by atoms with van der Waals surface area (Å²) in [7, 11) is 0. The average Bonchev–Trinajstić information content (AvgIpc) is 2.54. The smallest absolute Gasteiger partial charge is 0.234 e. The lowest BCUT2D eigenvalue weighted by molar-refractivity contribution is -0.122. The van der Waals surface area contributed by atoms with Gasteiger partial charge in [-0.15, -0.1) is 6.58 Å². The Morgan fingerprint density at radius 2 is 2.00 bits per heavy atom. The van der Waals surface area contributed by atoms with Gasteiger partial charge >= 0.3 is 0 Å². The molecule has 4 nitrogen and oxygen atoms in total. The molecule has 120 valence electrons. The van der Waals surface area contributed by atoms with Crippen LogP contribution in [0.15, 0.2) is 36.9 Å². The number of amides is 1. The molecule has 0 unspecified atom stereocenters. The fraction of sp³-hybridized carbons (Fsp3) is 0.500. The molecule has 0 bridgehead atoms. The molecule has 1 aromatic carbocycles. The number of carbonyl (C=O) groups excluding carboxylic acids is 1. The Morgan fingerprint density at radius 3 is 2.64 bits per heavy atom.